The van der Waals surface area contributed by atoms with E-state index in [9.17, 15) is 18.0 Å². The highest BCUT2D eigenvalue weighted by Crippen LogP contribution is 2.40. The number of hydrogen-bond donors (Lipinski definition) is 1. The van der Waals surface area contributed by atoms with E-state index in [0.717, 1.165) is 23.3 Å². The van der Waals surface area contributed by atoms with Gasteiger partial charge in [-0.2, -0.15) is 13.2 Å². The average molecular weight is 346 g/mol. The smallest absolute Gasteiger partial charge is 0.369 e. The fourth-order valence-electron chi connectivity index (χ4n) is 3.27. The Hall–Kier alpha value is -2.63. The Balaban J connectivity index is 1.91. The molecule has 0 unspecified atom stereocenters. The van der Waals surface area contributed by atoms with Crippen molar-refractivity contribution < 1.29 is 18.0 Å². The van der Waals surface area contributed by atoms with Crippen LogP contribution >= 0.6 is 0 Å². The Bertz CT molecular complexity index is 800. The van der Waals surface area contributed by atoms with Crippen LogP contribution in [0.5, 0.6) is 0 Å². The summed E-state index contributed by atoms with van der Waals surface area (Å²) in [5.41, 5.74) is 7.21. The quantitative estimate of drug-likeness (QED) is 0.855. The standard InChI is InChI=1S/C19H17F3N2O/c20-19(21,22)15-5-1-4-14(10-15)16-8-13(9-17(16)18(23)25)7-12-3-2-6-24-11-12/h1-6,8,10-11,16-17H,7,9H2,(H2,23,25)/t16-,17-/m0/s1. The Morgan fingerprint density at radius 3 is 2.68 bits per heavy atom. The summed E-state index contributed by atoms with van der Waals surface area (Å²) < 4.78 is 38.9. The van der Waals surface area contributed by atoms with Crippen LogP contribution in [0.3, 0.4) is 0 Å². The van der Waals surface area contributed by atoms with E-state index in [4.69, 9.17) is 5.73 Å². The molecular weight excluding hydrogens is 329 g/mol. The third-order valence-electron chi connectivity index (χ3n) is 4.45. The fourth-order valence-corrected chi connectivity index (χ4v) is 3.27. The first kappa shape index (κ1) is 17.2. The van der Waals surface area contributed by atoms with Gasteiger partial charge >= 0.3 is 6.18 Å². The molecule has 0 aliphatic heterocycles. The van der Waals surface area contributed by atoms with Crippen molar-refractivity contribution in [2.24, 2.45) is 11.7 Å². The van der Waals surface area contributed by atoms with Gasteiger partial charge in [0.2, 0.25) is 5.91 Å². The lowest BCUT2D eigenvalue weighted by molar-refractivity contribution is -0.137. The average Bonchev–Trinajstić information content (AvgIpc) is 2.99. The number of alkyl halides is 3. The van der Waals surface area contributed by atoms with E-state index >= 15 is 0 Å². The van der Waals surface area contributed by atoms with Crippen LogP contribution in [0.2, 0.25) is 0 Å². The van der Waals surface area contributed by atoms with E-state index < -0.39 is 29.5 Å². The molecule has 0 saturated heterocycles. The zero-order valence-electron chi connectivity index (χ0n) is 13.3. The number of primary amides is 1. The van der Waals surface area contributed by atoms with Crippen LogP contribution in [0, 0.1) is 5.92 Å². The molecule has 0 bridgehead atoms. The van der Waals surface area contributed by atoms with Crippen molar-refractivity contribution in [3.8, 4) is 0 Å². The third-order valence-corrected chi connectivity index (χ3v) is 4.45. The highest BCUT2D eigenvalue weighted by Gasteiger charge is 2.35. The highest BCUT2D eigenvalue weighted by atomic mass is 19.4. The van der Waals surface area contributed by atoms with Gasteiger partial charge in [0.15, 0.2) is 0 Å². The normalized spacial score (nSPS) is 20.4. The summed E-state index contributed by atoms with van der Waals surface area (Å²) >= 11 is 0. The summed E-state index contributed by atoms with van der Waals surface area (Å²) in [7, 11) is 0. The molecule has 0 spiro atoms. The molecule has 2 N–H and O–H groups in total. The summed E-state index contributed by atoms with van der Waals surface area (Å²) in [6, 6.07) is 8.84. The third kappa shape index (κ3) is 3.90. The predicted molar refractivity (Wildman–Crippen MR) is 87.5 cm³/mol. The van der Waals surface area contributed by atoms with Crippen LogP contribution in [0.1, 0.15) is 29.0 Å². The van der Waals surface area contributed by atoms with E-state index in [-0.39, 0.29) is 0 Å². The van der Waals surface area contributed by atoms with Crippen LogP contribution in [-0.4, -0.2) is 10.9 Å². The molecule has 1 aliphatic carbocycles. The highest BCUT2D eigenvalue weighted by molar-refractivity contribution is 5.79. The van der Waals surface area contributed by atoms with Gasteiger partial charge in [0, 0.05) is 18.3 Å². The number of rotatable bonds is 4. The molecular formula is C19H17F3N2O. The van der Waals surface area contributed by atoms with Gasteiger partial charge in [0.1, 0.15) is 0 Å². The van der Waals surface area contributed by atoms with Gasteiger partial charge in [-0.1, -0.05) is 35.9 Å². The van der Waals surface area contributed by atoms with Crippen molar-refractivity contribution in [1.82, 2.24) is 4.98 Å². The van der Waals surface area contributed by atoms with E-state index in [1.807, 2.05) is 18.2 Å². The first-order valence-corrected chi connectivity index (χ1v) is 7.89. The number of nitrogens with two attached hydrogens (primary N) is 1. The Kier molecular flexibility index (Phi) is 4.61. The van der Waals surface area contributed by atoms with Crippen molar-refractivity contribution in [2.45, 2.75) is 24.9 Å². The van der Waals surface area contributed by atoms with E-state index in [0.29, 0.717) is 18.4 Å². The van der Waals surface area contributed by atoms with Gasteiger partial charge in [0.05, 0.1) is 11.5 Å². The van der Waals surface area contributed by atoms with Gasteiger partial charge < -0.3 is 5.73 Å². The number of nitrogens with zero attached hydrogens (tertiary/aromatic N) is 1. The van der Waals surface area contributed by atoms with Crippen LogP contribution in [0.4, 0.5) is 13.2 Å². The fraction of sp³-hybridized carbons (Fsp3) is 0.263. The van der Waals surface area contributed by atoms with E-state index in [1.165, 1.54) is 6.07 Å². The Morgan fingerprint density at radius 2 is 2.04 bits per heavy atom. The van der Waals surface area contributed by atoms with Crippen molar-refractivity contribution >= 4 is 5.91 Å². The molecule has 1 aromatic heterocycles. The minimum absolute atomic E-state index is 0.438. The molecule has 3 rings (SSSR count). The second kappa shape index (κ2) is 6.70. The Labute approximate surface area is 143 Å². The number of aromatic nitrogens is 1. The zero-order chi connectivity index (χ0) is 18.0. The Morgan fingerprint density at radius 1 is 1.24 bits per heavy atom. The maximum atomic E-state index is 13.0. The molecule has 2 aromatic rings. The molecule has 3 nitrogen and oxygen atoms in total. The van der Waals surface area contributed by atoms with E-state index in [2.05, 4.69) is 4.98 Å². The first-order chi connectivity index (χ1) is 11.8. The molecule has 0 radical (unpaired) electrons. The van der Waals surface area contributed by atoms with Gasteiger partial charge in [-0.25, -0.2) is 0 Å². The first-order valence-electron chi connectivity index (χ1n) is 7.89. The van der Waals surface area contributed by atoms with Crippen LogP contribution < -0.4 is 5.73 Å². The molecule has 1 aliphatic rings. The monoisotopic (exact) mass is 346 g/mol. The molecule has 1 aromatic carbocycles. The van der Waals surface area contributed by atoms with Crippen LogP contribution in [0.25, 0.3) is 0 Å². The lowest BCUT2D eigenvalue weighted by Crippen LogP contribution is -2.26. The second-order valence-electron chi connectivity index (χ2n) is 6.22. The molecule has 130 valence electrons. The summed E-state index contributed by atoms with van der Waals surface area (Å²) in [5, 5.41) is 0. The number of carbonyl (C=O) groups excluding carboxylic acids is 1. The van der Waals surface area contributed by atoms with Gasteiger partial charge in [0.25, 0.3) is 0 Å². The van der Waals surface area contributed by atoms with Gasteiger partial charge in [-0.05, 0) is 36.1 Å². The minimum atomic E-state index is -4.42. The number of hydrogen-bond acceptors (Lipinski definition) is 2. The van der Waals surface area contributed by atoms with Gasteiger partial charge in [-0.3, -0.25) is 9.78 Å². The molecule has 0 saturated carbocycles. The maximum Gasteiger partial charge on any atom is 0.416 e. The van der Waals surface area contributed by atoms with Crippen LogP contribution in [0.15, 0.2) is 60.4 Å². The van der Waals surface area contributed by atoms with Crippen molar-refractivity contribution in [2.75, 3.05) is 0 Å². The van der Waals surface area contributed by atoms with Crippen molar-refractivity contribution in [3.05, 3.63) is 77.1 Å². The largest absolute Gasteiger partial charge is 0.416 e. The molecule has 1 heterocycles. The summed E-state index contributed by atoms with van der Waals surface area (Å²) in [6.45, 7) is 0. The lowest BCUT2D eigenvalue weighted by Gasteiger charge is -2.18. The lowest BCUT2D eigenvalue weighted by atomic mass is 9.87. The predicted octanol–water partition coefficient (Wildman–Crippen LogP) is 3.86. The molecule has 0 fully saturated rings. The van der Waals surface area contributed by atoms with Crippen LogP contribution in [-0.2, 0) is 17.4 Å². The number of halogens is 3. The molecule has 2 atom stereocenters. The number of pyridine rings is 1. The van der Waals surface area contributed by atoms with Crippen molar-refractivity contribution in [1.29, 1.82) is 0 Å². The van der Waals surface area contributed by atoms with Crippen molar-refractivity contribution in [3.63, 3.8) is 0 Å². The zero-order valence-corrected chi connectivity index (χ0v) is 13.3. The SMILES string of the molecule is NC(=O)[C@H]1CC(Cc2cccnc2)=C[C@H]1c1cccc(C(F)(F)F)c1. The summed E-state index contributed by atoms with van der Waals surface area (Å²) in [5.74, 6) is -1.47. The number of amides is 1. The maximum absolute atomic E-state index is 13.0. The minimum Gasteiger partial charge on any atom is -0.369 e. The van der Waals surface area contributed by atoms with E-state index in [1.54, 1.807) is 18.5 Å². The summed E-state index contributed by atoms with van der Waals surface area (Å²) in [4.78, 5) is 15.9. The molecule has 1 amide bonds. The topological polar surface area (TPSA) is 56.0 Å². The second-order valence-corrected chi connectivity index (χ2v) is 6.22. The number of carbonyl (C=O) groups is 1. The van der Waals surface area contributed by atoms with Gasteiger partial charge in [-0.15, -0.1) is 0 Å². The molecule has 6 heteroatoms. The number of allylic oxidation sites excluding steroid dienone is 2. The summed E-state index contributed by atoms with van der Waals surface area (Å²) in [6.07, 6.45) is 1.91. The number of benzene rings is 1. The molecule has 25 heavy (non-hydrogen) atoms.